The average Bonchev–Trinajstić information content (AvgIpc) is 3.08. The molecule has 6 nitrogen and oxygen atoms in total. The molecule has 2 aliphatic rings. The van der Waals surface area contributed by atoms with Crippen molar-refractivity contribution in [2.75, 3.05) is 13.1 Å². The molecule has 0 N–H and O–H groups in total. The highest BCUT2D eigenvalue weighted by Gasteiger charge is 2.54. The summed E-state index contributed by atoms with van der Waals surface area (Å²) in [5, 5.41) is 0. The third-order valence-corrected chi connectivity index (χ3v) is 7.14. The van der Waals surface area contributed by atoms with Crippen molar-refractivity contribution in [3.63, 3.8) is 0 Å². The molecule has 0 saturated carbocycles. The van der Waals surface area contributed by atoms with Gasteiger partial charge in [-0.3, -0.25) is 0 Å². The lowest BCUT2D eigenvalue weighted by Gasteiger charge is -2.46. The van der Waals surface area contributed by atoms with Gasteiger partial charge in [-0.05, 0) is 17.7 Å². The first-order valence-electron chi connectivity index (χ1n) is 9.23. The molecule has 1 saturated heterocycles. The standard InChI is InChI=1S/C21H18FN3O3S/c22-17-8-6-15(7-9-17)12-29(26,27)25-13-21(14-25)18-10-23-20(24-19(18)11-28-21)16-4-2-1-3-5-16/h1-10H,11-14H2. The summed E-state index contributed by atoms with van der Waals surface area (Å²) in [6.07, 6.45) is 1.75. The predicted octanol–water partition coefficient (Wildman–Crippen LogP) is 2.85. The normalized spacial score (nSPS) is 17.8. The highest BCUT2D eigenvalue weighted by Crippen LogP contribution is 2.44. The van der Waals surface area contributed by atoms with Gasteiger partial charge in [0.25, 0.3) is 0 Å². The van der Waals surface area contributed by atoms with E-state index < -0.39 is 15.6 Å². The molecule has 0 radical (unpaired) electrons. The second kappa shape index (κ2) is 6.69. The van der Waals surface area contributed by atoms with Crippen molar-refractivity contribution < 1.29 is 17.5 Å². The predicted molar refractivity (Wildman–Crippen MR) is 105 cm³/mol. The summed E-state index contributed by atoms with van der Waals surface area (Å²) in [5.41, 5.74) is 2.45. The second-order valence-electron chi connectivity index (χ2n) is 7.35. The van der Waals surface area contributed by atoms with E-state index >= 15 is 0 Å². The number of hydrogen-bond donors (Lipinski definition) is 0. The maximum absolute atomic E-state index is 13.0. The lowest BCUT2D eigenvalue weighted by Crippen LogP contribution is -2.61. The molecular weight excluding hydrogens is 393 g/mol. The fourth-order valence-electron chi connectivity index (χ4n) is 3.78. The first-order chi connectivity index (χ1) is 14.0. The zero-order chi connectivity index (χ0) is 20.1. The third-order valence-electron chi connectivity index (χ3n) is 5.39. The van der Waals surface area contributed by atoms with Crippen LogP contribution >= 0.6 is 0 Å². The van der Waals surface area contributed by atoms with E-state index in [2.05, 4.69) is 9.97 Å². The van der Waals surface area contributed by atoms with Crippen LogP contribution in [0.4, 0.5) is 4.39 Å². The highest BCUT2D eigenvalue weighted by molar-refractivity contribution is 7.88. The molecule has 29 heavy (non-hydrogen) atoms. The Morgan fingerprint density at radius 2 is 1.79 bits per heavy atom. The summed E-state index contributed by atoms with van der Waals surface area (Å²) in [6, 6.07) is 15.2. The number of nitrogens with zero attached hydrogens (tertiary/aromatic N) is 3. The second-order valence-corrected chi connectivity index (χ2v) is 9.32. The van der Waals surface area contributed by atoms with Crippen LogP contribution in [-0.2, 0) is 32.7 Å². The van der Waals surface area contributed by atoms with Crippen molar-refractivity contribution in [1.82, 2.24) is 14.3 Å². The highest BCUT2D eigenvalue weighted by atomic mass is 32.2. The minimum atomic E-state index is -3.52. The molecular formula is C21H18FN3O3S. The third kappa shape index (κ3) is 3.23. The van der Waals surface area contributed by atoms with Gasteiger partial charge in [0, 0.05) is 30.4 Å². The van der Waals surface area contributed by atoms with Gasteiger partial charge in [-0.2, -0.15) is 4.31 Å². The van der Waals surface area contributed by atoms with Crippen LogP contribution in [0.3, 0.4) is 0 Å². The Labute approximate surface area is 168 Å². The van der Waals surface area contributed by atoms with Crippen LogP contribution in [0.5, 0.6) is 0 Å². The monoisotopic (exact) mass is 411 g/mol. The van der Waals surface area contributed by atoms with E-state index in [1.807, 2.05) is 30.3 Å². The molecule has 3 aromatic rings. The lowest BCUT2D eigenvalue weighted by molar-refractivity contribution is -0.112. The zero-order valence-electron chi connectivity index (χ0n) is 15.5. The molecule has 2 aromatic carbocycles. The van der Waals surface area contributed by atoms with Gasteiger partial charge in [0.1, 0.15) is 11.4 Å². The Kier molecular flexibility index (Phi) is 4.23. The van der Waals surface area contributed by atoms with Crippen LogP contribution in [-0.4, -0.2) is 35.8 Å². The summed E-state index contributed by atoms with van der Waals surface area (Å²) in [6.45, 7) is 0.804. The molecule has 0 aliphatic carbocycles. The molecule has 8 heteroatoms. The largest absolute Gasteiger partial charge is 0.361 e. The van der Waals surface area contributed by atoms with Gasteiger partial charge in [-0.1, -0.05) is 42.5 Å². The smallest absolute Gasteiger partial charge is 0.218 e. The van der Waals surface area contributed by atoms with Crippen molar-refractivity contribution in [3.05, 3.63) is 83.4 Å². The van der Waals surface area contributed by atoms with Crippen molar-refractivity contribution in [2.24, 2.45) is 0 Å². The molecule has 1 aromatic heterocycles. The van der Waals surface area contributed by atoms with Crippen LogP contribution in [0.1, 0.15) is 16.8 Å². The zero-order valence-corrected chi connectivity index (χ0v) is 16.3. The number of fused-ring (bicyclic) bond motifs is 2. The topological polar surface area (TPSA) is 72.4 Å². The molecule has 1 fully saturated rings. The number of aromatic nitrogens is 2. The number of benzene rings is 2. The first kappa shape index (κ1) is 18.4. The van der Waals surface area contributed by atoms with Crippen molar-refractivity contribution in [2.45, 2.75) is 18.0 Å². The Balaban J connectivity index is 1.33. The van der Waals surface area contributed by atoms with Crippen LogP contribution in [0, 0.1) is 5.82 Å². The molecule has 5 rings (SSSR count). The number of ether oxygens (including phenoxy) is 1. The minimum Gasteiger partial charge on any atom is -0.361 e. The Morgan fingerprint density at radius 1 is 1.07 bits per heavy atom. The number of rotatable bonds is 4. The van der Waals surface area contributed by atoms with Crippen molar-refractivity contribution in [3.8, 4) is 11.4 Å². The van der Waals surface area contributed by atoms with Crippen molar-refractivity contribution in [1.29, 1.82) is 0 Å². The van der Waals surface area contributed by atoms with Crippen molar-refractivity contribution >= 4 is 10.0 Å². The summed E-state index contributed by atoms with van der Waals surface area (Å²) < 4.78 is 45.8. The molecule has 1 spiro atoms. The summed E-state index contributed by atoms with van der Waals surface area (Å²) in [7, 11) is -3.52. The van der Waals surface area contributed by atoms with E-state index in [0.717, 1.165) is 16.8 Å². The molecule has 148 valence electrons. The van der Waals surface area contributed by atoms with Crippen LogP contribution < -0.4 is 0 Å². The summed E-state index contributed by atoms with van der Waals surface area (Å²) >= 11 is 0. The maximum Gasteiger partial charge on any atom is 0.218 e. The van der Waals surface area contributed by atoms with Gasteiger partial charge in [0.15, 0.2) is 5.82 Å². The van der Waals surface area contributed by atoms with Crippen LogP contribution in [0.15, 0.2) is 60.8 Å². The molecule has 0 amide bonds. The average molecular weight is 411 g/mol. The van der Waals surface area contributed by atoms with E-state index in [0.29, 0.717) is 18.0 Å². The summed E-state index contributed by atoms with van der Waals surface area (Å²) in [4.78, 5) is 9.09. The molecule has 0 unspecified atom stereocenters. The van der Waals surface area contributed by atoms with Crippen LogP contribution in [0.25, 0.3) is 11.4 Å². The Hall–Kier alpha value is -2.68. The number of hydrogen-bond acceptors (Lipinski definition) is 5. The number of sulfonamides is 1. The van der Waals surface area contributed by atoms with E-state index in [1.54, 1.807) is 6.20 Å². The minimum absolute atomic E-state index is 0.167. The van der Waals surface area contributed by atoms with Gasteiger partial charge >= 0.3 is 0 Å². The fourth-order valence-corrected chi connectivity index (χ4v) is 5.39. The molecule has 0 atom stereocenters. The summed E-state index contributed by atoms with van der Waals surface area (Å²) in [5.74, 6) is 0.0737. The lowest BCUT2D eigenvalue weighted by atomic mass is 9.90. The van der Waals surface area contributed by atoms with Gasteiger partial charge in [-0.15, -0.1) is 0 Å². The SMILES string of the molecule is O=S(=O)(Cc1ccc(F)cc1)N1CC2(C1)OCc1nc(-c3ccccc3)ncc12. The van der Waals surface area contributed by atoms with E-state index in [9.17, 15) is 12.8 Å². The van der Waals surface area contributed by atoms with E-state index in [-0.39, 0.29) is 24.7 Å². The maximum atomic E-state index is 13.0. The quantitative estimate of drug-likeness (QED) is 0.660. The van der Waals surface area contributed by atoms with Crippen LogP contribution in [0.2, 0.25) is 0 Å². The van der Waals surface area contributed by atoms with Gasteiger partial charge in [0.05, 0.1) is 18.1 Å². The van der Waals surface area contributed by atoms with E-state index in [1.165, 1.54) is 28.6 Å². The van der Waals surface area contributed by atoms with Gasteiger partial charge < -0.3 is 4.74 Å². The Morgan fingerprint density at radius 3 is 2.52 bits per heavy atom. The Bertz CT molecular complexity index is 1160. The molecule has 2 aliphatic heterocycles. The molecule has 3 heterocycles. The first-order valence-corrected chi connectivity index (χ1v) is 10.8. The van der Waals surface area contributed by atoms with Gasteiger partial charge in [0.2, 0.25) is 10.0 Å². The van der Waals surface area contributed by atoms with E-state index in [4.69, 9.17) is 4.74 Å². The van der Waals surface area contributed by atoms with Gasteiger partial charge in [-0.25, -0.2) is 22.8 Å². The number of halogens is 1. The fraction of sp³-hybridized carbons (Fsp3) is 0.238. The molecule has 0 bridgehead atoms.